The molecule has 0 N–H and O–H groups in total. The van der Waals surface area contributed by atoms with Crippen LogP contribution < -0.4 is 0 Å². The van der Waals surface area contributed by atoms with Crippen LogP contribution in [0.1, 0.15) is 24.5 Å². The molecule has 7 heteroatoms. The maximum atomic E-state index is 12.0. The Morgan fingerprint density at radius 3 is 2.45 bits per heavy atom. The Kier molecular flexibility index (Phi) is 5.11. The molecular weight excluding hydrogens is 394 g/mol. The Hall–Kier alpha value is -2.41. The minimum absolute atomic E-state index is 0.0429. The van der Waals surface area contributed by atoms with E-state index in [2.05, 4.69) is 0 Å². The summed E-state index contributed by atoms with van der Waals surface area (Å²) in [5.41, 5.74) is -0.133. The van der Waals surface area contributed by atoms with Gasteiger partial charge in [0, 0.05) is 18.0 Å². The number of benzene rings is 2. The molecule has 0 bridgehead atoms. The molecule has 152 valence electrons. The number of hydrogen-bond acceptors (Lipinski definition) is 6. The molecule has 2 heterocycles. The first-order valence-electron chi connectivity index (χ1n) is 9.46. The fourth-order valence-electron chi connectivity index (χ4n) is 3.98. The molecule has 2 aromatic carbocycles. The van der Waals surface area contributed by atoms with Crippen LogP contribution in [0.15, 0.2) is 54.6 Å². The average Bonchev–Trinajstić information content (AvgIpc) is 3.03. The van der Waals surface area contributed by atoms with Crippen molar-refractivity contribution >= 4 is 23.5 Å². The van der Waals surface area contributed by atoms with Gasteiger partial charge in [0.05, 0.1) is 0 Å². The van der Waals surface area contributed by atoms with Crippen molar-refractivity contribution in [3.8, 4) is 0 Å². The van der Waals surface area contributed by atoms with Gasteiger partial charge in [0.1, 0.15) is 12.2 Å². The average molecular weight is 416 g/mol. The lowest BCUT2D eigenvalue weighted by Gasteiger charge is -2.43. The third kappa shape index (κ3) is 3.41. The number of hydrogen-bond donors (Lipinski definition) is 0. The molecule has 0 amide bonds. The van der Waals surface area contributed by atoms with Gasteiger partial charge >= 0.3 is 11.9 Å². The molecule has 2 saturated heterocycles. The maximum Gasteiger partial charge on any atom is 0.419 e. The van der Waals surface area contributed by atoms with Crippen LogP contribution in [0.5, 0.6) is 0 Å². The Balaban J connectivity index is 1.69. The third-order valence-corrected chi connectivity index (χ3v) is 6.10. The van der Waals surface area contributed by atoms with Crippen molar-refractivity contribution in [3.63, 3.8) is 0 Å². The van der Waals surface area contributed by atoms with Crippen LogP contribution in [0.3, 0.4) is 0 Å². The molecule has 0 spiro atoms. The number of carbonyl (C=O) groups excluding carboxylic acids is 2. The van der Waals surface area contributed by atoms with Gasteiger partial charge in [-0.15, -0.1) is 0 Å². The molecule has 2 aliphatic heterocycles. The number of rotatable bonds is 5. The number of fused-ring (bicyclic) bond motifs is 1. The van der Waals surface area contributed by atoms with Crippen molar-refractivity contribution in [2.24, 2.45) is 0 Å². The van der Waals surface area contributed by atoms with Crippen LogP contribution in [-0.2, 0) is 29.4 Å². The number of likely N-dealkylation sites (N-methyl/N-ethyl adjacent to an activating group) is 1. The van der Waals surface area contributed by atoms with Gasteiger partial charge < -0.3 is 14.2 Å². The molecule has 2 unspecified atom stereocenters. The van der Waals surface area contributed by atoms with E-state index < -0.39 is 29.4 Å². The first-order valence-corrected chi connectivity index (χ1v) is 9.84. The SMILES string of the molecule is CN1CCC2OC(=O)C(=O)OC21CO[C@](C)(c1ccccc1)c1ccc(Cl)cc1. The number of halogens is 1. The molecule has 4 rings (SSSR count). The minimum Gasteiger partial charge on any atom is -0.448 e. The number of likely N-dealkylation sites (tertiary alicyclic amines) is 1. The van der Waals surface area contributed by atoms with Crippen LogP contribution in [0.4, 0.5) is 0 Å². The van der Waals surface area contributed by atoms with E-state index in [0.717, 1.165) is 11.1 Å². The van der Waals surface area contributed by atoms with Gasteiger partial charge in [0.2, 0.25) is 5.72 Å². The smallest absolute Gasteiger partial charge is 0.419 e. The topological polar surface area (TPSA) is 65.1 Å². The van der Waals surface area contributed by atoms with Crippen LogP contribution in [0.25, 0.3) is 0 Å². The second kappa shape index (κ2) is 7.44. The summed E-state index contributed by atoms with van der Waals surface area (Å²) in [7, 11) is 1.83. The van der Waals surface area contributed by atoms with E-state index in [9.17, 15) is 9.59 Å². The Bertz CT molecular complexity index is 919. The molecule has 29 heavy (non-hydrogen) atoms. The second-order valence-electron chi connectivity index (χ2n) is 7.53. The molecule has 0 saturated carbocycles. The lowest BCUT2D eigenvalue weighted by atomic mass is 9.87. The lowest BCUT2D eigenvalue weighted by molar-refractivity contribution is -0.248. The van der Waals surface area contributed by atoms with E-state index in [1.54, 1.807) is 0 Å². The standard InChI is InChI=1S/C22H22ClNO5/c1-21(15-6-4-3-5-7-15,16-8-10-17(23)11-9-16)27-14-22-18(12-13-24(22)2)28-19(25)20(26)29-22/h3-11,18H,12-14H2,1-2H3/t18?,21-,22?/m1/s1. The highest BCUT2D eigenvalue weighted by Gasteiger charge is 2.58. The van der Waals surface area contributed by atoms with Gasteiger partial charge in [-0.05, 0) is 37.2 Å². The van der Waals surface area contributed by atoms with Crippen molar-refractivity contribution in [2.45, 2.75) is 30.8 Å². The van der Waals surface area contributed by atoms with Crippen molar-refractivity contribution in [2.75, 3.05) is 20.2 Å². The van der Waals surface area contributed by atoms with Crippen LogP contribution in [-0.4, -0.2) is 48.9 Å². The first-order chi connectivity index (χ1) is 13.8. The van der Waals surface area contributed by atoms with E-state index >= 15 is 0 Å². The number of nitrogens with zero attached hydrogens (tertiary/aromatic N) is 1. The van der Waals surface area contributed by atoms with Crippen LogP contribution >= 0.6 is 11.6 Å². The summed E-state index contributed by atoms with van der Waals surface area (Å²) in [6.45, 7) is 2.63. The van der Waals surface area contributed by atoms with Crippen LogP contribution in [0.2, 0.25) is 5.02 Å². The summed E-state index contributed by atoms with van der Waals surface area (Å²) in [6.07, 6.45) is 0.00458. The molecule has 0 aliphatic carbocycles. The zero-order chi connectivity index (χ0) is 20.6. The summed E-state index contributed by atoms with van der Waals surface area (Å²) in [5, 5.41) is 0.631. The molecule has 3 atom stereocenters. The fourth-order valence-corrected chi connectivity index (χ4v) is 4.11. The summed E-state index contributed by atoms with van der Waals surface area (Å²) < 4.78 is 17.4. The zero-order valence-corrected chi connectivity index (χ0v) is 17.0. The molecule has 0 radical (unpaired) electrons. The first kappa shape index (κ1) is 19.9. The summed E-state index contributed by atoms with van der Waals surface area (Å²) in [4.78, 5) is 25.6. The van der Waals surface area contributed by atoms with Crippen molar-refractivity contribution < 1.29 is 23.8 Å². The summed E-state index contributed by atoms with van der Waals surface area (Å²) >= 11 is 6.07. The van der Waals surface area contributed by atoms with Crippen molar-refractivity contribution in [1.29, 1.82) is 0 Å². The number of ether oxygens (including phenoxy) is 3. The molecule has 6 nitrogen and oxygen atoms in total. The largest absolute Gasteiger partial charge is 0.448 e. The number of esters is 2. The van der Waals surface area contributed by atoms with E-state index in [1.165, 1.54) is 0 Å². The monoisotopic (exact) mass is 415 g/mol. The molecule has 2 fully saturated rings. The van der Waals surface area contributed by atoms with Gasteiger partial charge in [-0.3, -0.25) is 4.90 Å². The highest BCUT2D eigenvalue weighted by Crippen LogP contribution is 2.40. The van der Waals surface area contributed by atoms with E-state index in [4.69, 9.17) is 25.8 Å². The summed E-state index contributed by atoms with van der Waals surface area (Å²) in [6, 6.07) is 17.2. The van der Waals surface area contributed by atoms with Gasteiger partial charge in [-0.1, -0.05) is 54.1 Å². The maximum absolute atomic E-state index is 12.0. The Labute approximate surface area is 174 Å². The second-order valence-corrected chi connectivity index (χ2v) is 7.97. The van der Waals surface area contributed by atoms with Gasteiger partial charge in [0.15, 0.2) is 6.10 Å². The predicted molar refractivity (Wildman–Crippen MR) is 106 cm³/mol. The van der Waals surface area contributed by atoms with E-state index in [1.807, 2.05) is 73.5 Å². The molecule has 2 aromatic rings. The zero-order valence-electron chi connectivity index (χ0n) is 16.3. The minimum atomic E-state index is -1.15. The normalized spacial score (nSPS) is 26.4. The quantitative estimate of drug-likeness (QED) is 0.552. The van der Waals surface area contributed by atoms with Gasteiger partial charge in [0.25, 0.3) is 0 Å². The lowest BCUT2D eigenvalue weighted by Crippen LogP contribution is -2.61. The van der Waals surface area contributed by atoms with Gasteiger partial charge in [-0.25, -0.2) is 9.59 Å². The van der Waals surface area contributed by atoms with E-state index in [-0.39, 0.29) is 6.61 Å². The Morgan fingerprint density at radius 1 is 1.10 bits per heavy atom. The van der Waals surface area contributed by atoms with E-state index in [0.29, 0.717) is 18.0 Å². The molecule has 0 aromatic heterocycles. The van der Waals surface area contributed by atoms with Crippen molar-refractivity contribution in [3.05, 3.63) is 70.7 Å². The summed E-state index contributed by atoms with van der Waals surface area (Å²) in [5.74, 6) is -1.95. The van der Waals surface area contributed by atoms with Crippen LogP contribution in [0, 0.1) is 0 Å². The van der Waals surface area contributed by atoms with Gasteiger partial charge in [-0.2, -0.15) is 0 Å². The highest BCUT2D eigenvalue weighted by molar-refractivity contribution is 6.30. The fraction of sp³-hybridized carbons (Fsp3) is 0.364. The molecular formula is C22H22ClNO5. The molecule has 2 aliphatic rings. The predicted octanol–water partition coefficient (Wildman–Crippen LogP) is 3.12. The number of carbonyl (C=O) groups is 2. The third-order valence-electron chi connectivity index (χ3n) is 5.85. The van der Waals surface area contributed by atoms with Crippen molar-refractivity contribution in [1.82, 2.24) is 4.90 Å². The Morgan fingerprint density at radius 2 is 1.76 bits per heavy atom. The highest BCUT2D eigenvalue weighted by atomic mass is 35.5.